The number of hydrogen-bond acceptors (Lipinski definition) is 2. The number of aliphatic hydroxyl groups is 1. The van der Waals surface area contributed by atoms with Crippen molar-refractivity contribution in [1.82, 2.24) is 0 Å². The molecular formula is C20H20OS. The summed E-state index contributed by atoms with van der Waals surface area (Å²) in [4.78, 5) is 2.42. The molecule has 3 rings (SSSR count). The normalized spacial score (nSPS) is 10.8. The van der Waals surface area contributed by atoms with Crippen molar-refractivity contribution >= 4 is 11.3 Å². The van der Waals surface area contributed by atoms with Gasteiger partial charge in [0, 0.05) is 9.75 Å². The van der Waals surface area contributed by atoms with E-state index in [1.54, 1.807) is 11.3 Å². The van der Waals surface area contributed by atoms with E-state index >= 15 is 0 Å². The van der Waals surface area contributed by atoms with Crippen LogP contribution in [0.2, 0.25) is 0 Å². The number of rotatable bonds is 5. The second-order valence-corrected chi connectivity index (χ2v) is 6.83. The predicted molar refractivity (Wildman–Crippen MR) is 93.5 cm³/mol. The molecule has 0 fully saturated rings. The van der Waals surface area contributed by atoms with Gasteiger partial charge in [0.2, 0.25) is 0 Å². The molecular weight excluding hydrogens is 288 g/mol. The average Bonchev–Trinajstić information content (AvgIpc) is 2.85. The first-order valence-electron chi connectivity index (χ1n) is 7.56. The molecule has 0 amide bonds. The fraction of sp³-hybridized carbons (Fsp3) is 0.200. The molecule has 2 heteroatoms. The van der Waals surface area contributed by atoms with E-state index < -0.39 is 0 Å². The average molecular weight is 308 g/mol. The molecule has 1 heterocycles. The van der Waals surface area contributed by atoms with Gasteiger partial charge in [-0.25, -0.2) is 0 Å². The van der Waals surface area contributed by atoms with E-state index in [0.717, 1.165) is 17.7 Å². The molecule has 22 heavy (non-hydrogen) atoms. The molecule has 0 aliphatic rings. The van der Waals surface area contributed by atoms with Crippen LogP contribution in [0.4, 0.5) is 0 Å². The minimum absolute atomic E-state index is 0.127. The monoisotopic (exact) mass is 308 g/mol. The number of aryl methyl sites for hydroxylation is 1. The highest BCUT2D eigenvalue weighted by molar-refractivity contribution is 7.12. The number of benzene rings is 2. The topological polar surface area (TPSA) is 20.2 Å². The van der Waals surface area contributed by atoms with Crippen LogP contribution in [-0.4, -0.2) is 5.11 Å². The van der Waals surface area contributed by atoms with Crippen molar-refractivity contribution in [3.8, 4) is 0 Å². The van der Waals surface area contributed by atoms with Crippen molar-refractivity contribution in [3.63, 3.8) is 0 Å². The van der Waals surface area contributed by atoms with E-state index in [4.69, 9.17) is 0 Å². The second kappa shape index (κ2) is 6.91. The Balaban J connectivity index is 1.96. The van der Waals surface area contributed by atoms with Crippen molar-refractivity contribution in [2.75, 3.05) is 0 Å². The highest BCUT2D eigenvalue weighted by atomic mass is 32.1. The summed E-state index contributed by atoms with van der Waals surface area (Å²) >= 11 is 1.73. The van der Waals surface area contributed by atoms with E-state index in [9.17, 15) is 5.11 Å². The summed E-state index contributed by atoms with van der Waals surface area (Å²) in [5.74, 6) is 0. The zero-order chi connectivity index (χ0) is 15.4. The van der Waals surface area contributed by atoms with Crippen LogP contribution in [0.1, 0.15) is 32.0 Å². The first-order chi connectivity index (χ1) is 10.8. The van der Waals surface area contributed by atoms with Gasteiger partial charge >= 0.3 is 0 Å². The summed E-state index contributed by atoms with van der Waals surface area (Å²) in [5.41, 5.74) is 5.30. The summed E-state index contributed by atoms with van der Waals surface area (Å²) in [5, 5.41) is 9.71. The number of hydrogen-bond donors (Lipinski definition) is 1. The minimum Gasteiger partial charge on any atom is -0.391 e. The Morgan fingerprint density at radius 2 is 1.27 bits per heavy atom. The van der Waals surface area contributed by atoms with E-state index in [1.807, 2.05) is 12.1 Å². The minimum atomic E-state index is 0.127. The zero-order valence-corrected chi connectivity index (χ0v) is 13.6. The Bertz CT molecular complexity index is 729. The molecule has 0 saturated carbocycles. The van der Waals surface area contributed by atoms with Gasteiger partial charge in [0.05, 0.1) is 6.61 Å². The van der Waals surface area contributed by atoms with Crippen LogP contribution in [0.3, 0.4) is 0 Å². The molecule has 1 aromatic heterocycles. The van der Waals surface area contributed by atoms with E-state index in [-0.39, 0.29) is 6.61 Å². The van der Waals surface area contributed by atoms with Crippen molar-refractivity contribution in [1.29, 1.82) is 0 Å². The lowest BCUT2D eigenvalue weighted by Crippen LogP contribution is -1.98. The molecule has 0 aliphatic carbocycles. The smallest absolute Gasteiger partial charge is 0.0777 e. The number of aliphatic hydroxyl groups excluding tert-OH is 1. The maximum Gasteiger partial charge on any atom is 0.0777 e. The van der Waals surface area contributed by atoms with Crippen molar-refractivity contribution in [2.24, 2.45) is 0 Å². The van der Waals surface area contributed by atoms with Gasteiger partial charge in [-0.2, -0.15) is 0 Å². The van der Waals surface area contributed by atoms with E-state index in [0.29, 0.717) is 0 Å². The Morgan fingerprint density at radius 1 is 0.773 bits per heavy atom. The molecule has 1 N–H and O–H groups in total. The Hall–Kier alpha value is -1.90. The fourth-order valence-corrected chi connectivity index (χ4v) is 3.92. The molecule has 0 radical (unpaired) electrons. The second-order valence-electron chi connectivity index (χ2n) is 5.52. The zero-order valence-electron chi connectivity index (χ0n) is 12.8. The lowest BCUT2D eigenvalue weighted by atomic mass is 9.96. The highest BCUT2D eigenvalue weighted by Gasteiger charge is 2.15. The first kappa shape index (κ1) is 15.0. The Labute approximate surface area is 135 Å². The third-order valence-electron chi connectivity index (χ3n) is 3.99. The van der Waals surface area contributed by atoms with Gasteiger partial charge in [0.25, 0.3) is 0 Å². The van der Waals surface area contributed by atoms with Crippen LogP contribution < -0.4 is 0 Å². The summed E-state index contributed by atoms with van der Waals surface area (Å²) in [6.45, 7) is 2.29. The molecule has 3 aromatic rings. The third kappa shape index (κ3) is 3.29. The quantitative estimate of drug-likeness (QED) is 0.722. The summed E-state index contributed by atoms with van der Waals surface area (Å²) in [7, 11) is 0. The predicted octanol–water partition coefficient (Wildman–Crippen LogP) is 4.73. The summed E-state index contributed by atoms with van der Waals surface area (Å²) < 4.78 is 0. The SMILES string of the molecule is Cc1sc(CO)c(Cc2ccccc2)c1Cc1ccccc1. The summed E-state index contributed by atoms with van der Waals surface area (Å²) in [6, 6.07) is 21.1. The molecule has 0 unspecified atom stereocenters. The van der Waals surface area contributed by atoms with Crippen molar-refractivity contribution in [2.45, 2.75) is 26.4 Å². The van der Waals surface area contributed by atoms with Crippen molar-refractivity contribution < 1.29 is 5.11 Å². The van der Waals surface area contributed by atoms with Gasteiger partial charge in [-0.1, -0.05) is 60.7 Å². The van der Waals surface area contributed by atoms with Gasteiger partial charge < -0.3 is 5.11 Å². The van der Waals surface area contributed by atoms with Gasteiger partial charge in [-0.15, -0.1) is 11.3 Å². The van der Waals surface area contributed by atoms with Crippen LogP contribution in [-0.2, 0) is 19.4 Å². The van der Waals surface area contributed by atoms with Crippen LogP contribution >= 0.6 is 11.3 Å². The molecule has 0 bridgehead atoms. The lowest BCUT2D eigenvalue weighted by Gasteiger charge is -2.08. The molecule has 112 valence electrons. The van der Waals surface area contributed by atoms with Gasteiger partial charge in [-0.05, 0) is 42.0 Å². The maximum atomic E-state index is 9.71. The van der Waals surface area contributed by atoms with E-state index in [1.165, 1.54) is 27.1 Å². The third-order valence-corrected chi connectivity index (χ3v) is 5.17. The molecule has 0 aliphatic heterocycles. The molecule has 0 atom stereocenters. The van der Waals surface area contributed by atoms with Crippen LogP contribution in [0.5, 0.6) is 0 Å². The van der Waals surface area contributed by atoms with Gasteiger partial charge in [0.15, 0.2) is 0 Å². The maximum absolute atomic E-state index is 9.71. The molecule has 1 nitrogen and oxygen atoms in total. The Kier molecular flexibility index (Phi) is 4.71. The van der Waals surface area contributed by atoms with Gasteiger partial charge in [-0.3, -0.25) is 0 Å². The molecule has 2 aromatic carbocycles. The van der Waals surface area contributed by atoms with E-state index in [2.05, 4.69) is 55.5 Å². The first-order valence-corrected chi connectivity index (χ1v) is 8.38. The van der Waals surface area contributed by atoms with Crippen molar-refractivity contribution in [3.05, 3.63) is 92.7 Å². The van der Waals surface area contributed by atoms with Gasteiger partial charge in [0.1, 0.15) is 0 Å². The fourth-order valence-electron chi connectivity index (χ4n) is 2.85. The highest BCUT2D eigenvalue weighted by Crippen LogP contribution is 2.32. The van der Waals surface area contributed by atoms with Crippen LogP contribution in [0.25, 0.3) is 0 Å². The van der Waals surface area contributed by atoms with Crippen LogP contribution in [0.15, 0.2) is 60.7 Å². The summed E-state index contributed by atoms with van der Waals surface area (Å²) in [6.07, 6.45) is 1.83. The Morgan fingerprint density at radius 3 is 1.77 bits per heavy atom. The van der Waals surface area contributed by atoms with Crippen LogP contribution in [0, 0.1) is 6.92 Å². The molecule has 0 saturated heterocycles. The number of thiophene rings is 1. The largest absolute Gasteiger partial charge is 0.391 e. The standard InChI is InChI=1S/C20H20OS/c1-15-18(12-16-8-4-2-5-9-16)19(20(14-21)22-15)13-17-10-6-3-7-11-17/h2-11,21H,12-14H2,1H3. The molecule has 0 spiro atoms. The lowest BCUT2D eigenvalue weighted by molar-refractivity contribution is 0.284.